The first-order valence-corrected chi connectivity index (χ1v) is 8.45. The molecule has 0 aliphatic carbocycles. The quantitative estimate of drug-likeness (QED) is 0.743. The maximum Gasteiger partial charge on any atom is 0.251 e. The van der Waals surface area contributed by atoms with Gasteiger partial charge in [0.1, 0.15) is 0 Å². The number of nitrogens with one attached hydrogen (secondary N) is 1. The lowest BCUT2D eigenvalue weighted by Gasteiger charge is -2.09. The molecule has 0 heterocycles. The number of rotatable bonds is 7. The van der Waals surface area contributed by atoms with Gasteiger partial charge >= 0.3 is 0 Å². The number of carbonyl (C=O) groups excluding carboxylic acids is 1. The van der Waals surface area contributed by atoms with Crippen molar-refractivity contribution in [2.75, 3.05) is 19.4 Å². The van der Waals surface area contributed by atoms with Gasteiger partial charge in [-0.1, -0.05) is 6.07 Å². The highest BCUT2D eigenvalue weighted by molar-refractivity contribution is 7.90. The zero-order valence-electron chi connectivity index (χ0n) is 11.8. The molecular weight excluding hydrogens is 278 g/mol. The van der Waals surface area contributed by atoms with Crippen molar-refractivity contribution in [1.29, 1.82) is 0 Å². The van der Waals surface area contributed by atoms with Crippen molar-refractivity contribution in [3.05, 3.63) is 29.3 Å². The highest BCUT2D eigenvalue weighted by atomic mass is 32.2. The van der Waals surface area contributed by atoms with Gasteiger partial charge in [0, 0.05) is 25.0 Å². The second-order valence-electron chi connectivity index (χ2n) is 4.79. The van der Waals surface area contributed by atoms with Crippen LogP contribution in [-0.4, -0.2) is 38.8 Å². The predicted octanol–water partition coefficient (Wildman–Crippen LogP) is 1.29. The molecule has 0 fully saturated rings. The largest absolute Gasteiger partial charge is 0.396 e. The fraction of sp³-hybridized carbons (Fsp3) is 0.500. The fourth-order valence-corrected chi connectivity index (χ4v) is 2.43. The lowest BCUT2D eigenvalue weighted by molar-refractivity contribution is 0.0952. The van der Waals surface area contributed by atoms with E-state index in [1.807, 2.05) is 0 Å². The maximum absolute atomic E-state index is 12.0. The summed E-state index contributed by atoms with van der Waals surface area (Å²) in [5.74, 6) is -0.267. The lowest BCUT2D eigenvalue weighted by atomic mass is 10.1. The van der Waals surface area contributed by atoms with Gasteiger partial charge in [-0.25, -0.2) is 8.42 Å². The van der Waals surface area contributed by atoms with E-state index in [0.29, 0.717) is 12.1 Å². The van der Waals surface area contributed by atoms with Crippen LogP contribution in [0.15, 0.2) is 23.1 Å². The number of benzene rings is 1. The Hall–Kier alpha value is -1.40. The summed E-state index contributed by atoms with van der Waals surface area (Å²) in [5, 5.41) is 11.4. The molecule has 0 aromatic heterocycles. The smallest absolute Gasteiger partial charge is 0.251 e. The molecule has 0 spiro atoms. The van der Waals surface area contributed by atoms with Gasteiger partial charge in [-0.05, 0) is 43.9 Å². The van der Waals surface area contributed by atoms with E-state index in [0.717, 1.165) is 31.1 Å². The summed E-state index contributed by atoms with van der Waals surface area (Å²) >= 11 is 0. The molecular formula is C14H21NO4S. The molecule has 1 aromatic rings. The van der Waals surface area contributed by atoms with E-state index in [-0.39, 0.29) is 17.4 Å². The Morgan fingerprint density at radius 3 is 2.55 bits per heavy atom. The van der Waals surface area contributed by atoms with Gasteiger partial charge < -0.3 is 10.4 Å². The highest BCUT2D eigenvalue weighted by Crippen LogP contribution is 2.15. The summed E-state index contributed by atoms with van der Waals surface area (Å²) in [5.41, 5.74) is 1.13. The molecule has 20 heavy (non-hydrogen) atoms. The van der Waals surface area contributed by atoms with Gasteiger partial charge in [0.2, 0.25) is 0 Å². The number of aliphatic hydroxyl groups excluding tert-OH is 1. The van der Waals surface area contributed by atoms with E-state index in [9.17, 15) is 13.2 Å². The first kappa shape index (κ1) is 16.7. The Balaban J connectivity index is 2.72. The molecule has 0 radical (unpaired) electrons. The molecule has 0 bridgehead atoms. The van der Waals surface area contributed by atoms with Crippen LogP contribution in [0.25, 0.3) is 0 Å². The zero-order chi connectivity index (χ0) is 15.2. The molecule has 1 amide bonds. The Kier molecular flexibility index (Phi) is 6.16. The average Bonchev–Trinajstić information content (AvgIpc) is 2.37. The number of aryl methyl sites for hydroxylation is 1. The van der Waals surface area contributed by atoms with Crippen molar-refractivity contribution < 1.29 is 18.3 Å². The lowest BCUT2D eigenvalue weighted by Crippen LogP contribution is -2.25. The normalized spacial score (nSPS) is 11.3. The number of amides is 1. The van der Waals surface area contributed by atoms with E-state index < -0.39 is 9.84 Å². The summed E-state index contributed by atoms with van der Waals surface area (Å²) < 4.78 is 23.0. The molecule has 2 N–H and O–H groups in total. The molecule has 1 aromatic carbocycles. The number of hydrogen-bond acceptors (Lipinski definition) is 4. The van der Waals surface area contributed by atoms with Crippen LogP contribution in [0.4, 0.5) is 0 Å². The topological polar surface area (TPSA) is 83.5 Å². The summed E-state index contributed by atoms with van der Waals surface area (Å²) in [4.78, 5) is 12.2. The number of hydrogen-bond donors (Lipinski definition) is 2. The first-order valence-electron chi connectivity index (χ1n) is 6.56. The summed E-state index contributed by atoms with van der Waals surface area (Å²) in [6.07, 6.45) is 3.48. The van der Waals surface area contributed by atoms with Crippen LogP contribution in [0.5, 0.6) is 0 Å². The maximum atomic E-state index is 12.0. The third-order valence-electron chi connectivity index (χ3n) is 3.00. The predicted molar refractivity (Wildman–Crippen MR) is 77.6 cm³/mol. The Bertz CT molecular complexity index is 567. The molecule has 0 saturated carbocycles. The second kappa shape index (κ2) is 7.40. The number of sulfone groups is 1. The van der Waals surface area contributed by atoms with Crippen LogP contribution in [0.1, 0.15) is 35.2 Å². The van der Waals surface area contributed by atoms with Crippen molar-refractivity contribution in [2.24, 2.45) is 0 Å². The summed E-state index contributed by atoms with van der Waals surface area (Å²) in [7, 11) is -3.32. The van der Waals surface area contributed by atoms with E-state index >= 15 is 0 Å². The van der Waals surface area contributed by atoms with E-state index in [1.54, 1.807) is 13.0 Å². The number of unbranched alkanes of at least 4 members (excludes halogenated alkanes) is 2. The van der Waals surface area contributed by atoms with Crippen LogP contribution < -0.4 is 5.32 Å². The summed E-state index contributed by atoms with van der Waals surface area (Å²) in [6, 6.07) is 4.55. The van der Waals surface area contributed by atoms with Gasteiger partial charge in [-0.15, -0.1) is 0 Å². The van der Waals surface area contributed by atoms with Gasteiger partial charge in [0.05, 0.1) is 4.90 Å². The zero-order valence-corrected chi connectivity index (χ0v) is 12.7. The molecule has 0 aliphatic rings. The molecule has 112 valence electrons. The van der Waals surface area contributed by atoms with E-state index in [4.69, 9.17) is 5.11 Å². The minimum atomic E-state index is -3.32. The van der Waals surface area contributed by atoms with Crippen molar-refractivity contribution in [3.8, 4) is 0 Å². The highest BCUT2D eigenvalue weighted by Gasteiger charge is 2.13. The van der Waals surface area contributed by atoms with Crippen molar-refractivity contribution >= 4 is 15.7 Å². The number of aliphatic hydroxyl groups is 1. The van der Waals surface area contributed by atoms with Gasteiger partial charge in [0.15, 0.2) is 9.84 Å². The average molecular weight is 299 g/mol. The molecule has 0 atom stereocenters. The monoisotopic (exact) mass is 299 g/mol. The molecule has 0 saturated heterocycles. The van der Waals surface area contributed by atoms with Gasteiger partial charge in [0.25, 0.3) is 5.91 Å². The van der Waals surface area contributed by atoms with Crippen molar-refractivity contribution in [2.45, 2.75) is 31.1 Å². The molecule has 0 unspecified atom stereocenters. The number of carbonyl (C=O) groups is 1. The van der Waals surface area contributed by atoms with Crippen molar-refractivity contribution in [3.63, 3.8) is 0 Å². The minimum Gasteiger partial charge on any atom is -0.396 e. The molecule has 5 nitrogen and oxygen atoms in total. The Morgan fingerprint density at radius 1 is 1.25 bits per heavy atom. The van der Waals surface area contributed by atoms with Crippen LogP contribution >= 0.6 is 0 Å². The molecule has 1 rings (SSSR count). The molecule has 6 heteroatoms. The van der Waals surface area contributed by atoms with Crippen LogP contribution in [-0.2, 0) is 9.84 Å². The van der Waals surface area contributed by atoms with Crippen LogP contribution in [0.2, 0.25) is 0 Å². The minimum absolute atomic E-state index is 0.147. The van der Waals surface area contributed by atoms with E-state index in [1.165, 1.54) is 12.1 Å². The Labute approximate surface area is 119 Å². The Morgan fingerprint density at radius 2 is 1.95 bits per heavy atom. The van der Waals surface area contributed by atoms with Gasteiger partial charge in [-0.3, -0.25) is 4.79 Å². The van der Waals surface area contributed by atoms with Crippen LogP contribution in [0, 0.1) is 6.92 Å². The first-order chi connectivity index (χ1) is 9.36. The van der Waals surface area contributed by atoms with Crippen molar-refractivity contribution in [1.82, 2.24) is 5.32 Å². The standard InChI is InChI=1S/C14H21NO4S/c1-11-6-7-12(20(2,18)19)10-13(11)14(17)15-8-4-3-5-9-16/h6-7,10,16H,3-5,8-9H2,1-2H3,(H,15,17). The second-order valence-corrected chi connectivity index (χ2v) is 6.80. The SMILES string of the molecule is Cc1ccc(S(C)(=O)=O)cc1C(=O)NCCCCCO. The third kappa shape index (κ3) is 4.94. The fourth-order valence-electron chi connectivity index (χ4n) is 1.79. The third-order valence-corrected chi connectivity index (χ3v) is 4.11. The van der Waals surface area contributed by atoms with Gasteiger partial charge in [-0.2, -0.15) is 0 Å². The van der Waals surface area contributed by atoms with E-state index in [2.05, 4.69) is 5.32 Å². The molecule has 0 aliphatic heterocycles. The van der Waals surface area contributed by atoms with Crippen LogP contribution in [0.3, 0.4) is 0 Å². The summed E-state index contributed by atoms with van der Waals surface area (Å²) in [6.45, 7) is 2.44.